The Morgan fingerprint density at radius 3 is 2.89 bits per heavy atom. The number of hydrogen-bond donors (Lipinski definition) is 0. The molecule has 104 valence electrons. The number of allylic oxidation sites excluding steroid dienone is 1. The Labute approximate surface area is 120 Å². The second-order valence-electron chi connectivity index (χ2n) is 5.97. The second kappa shape index (κ2) is 5.39. The number of fused-ring (bicyclic) bond motifs is 1. The van der Waals surface area contributed by atoms with Gasteiger partial charge in [0, 0.05) is 15.8 Å². The molecule has 2 nitrogen and oxygen atoms in total. The molecule has 0 amide bonds. The van der Waals surface area contributed by atoms with Crippen LogP contribution < -0.4 is 0 Å². The van der Waals surface area contributed by atoms with Crippen LogP contribution in [0.5, 0.6) is 0 Å². The Hall–Kier alpha value is -0.640. The van der Waals surface area contributed by atoms with Crippen molar-refractivity contribution in [1.29, 1.82) is 0 Å². The van der Waals surface area contributed by atoms with Crippen LogP contribution in [0.1, 0.15) is 41.5 Å². The van der Waals surface area contributed by atoms with E-state index in [1.807, 2.05) is 11.3 Å². The van der Waals surface area contributed by atoms with E-state index in [1.54, 1.807) is 5.57 Å². The number of likely N-dealkylation sites (N-methyl/N-ethyl adjacent to an activating group) is 1. The lowest BCUT2D eigenvalue weighted by Gasteiger charge is -2.16. The molecule has 19 heavy (non-hydrogen) atoms. The number of thiophene rings is 1. The molecule has 1 unspecified atom stereocenters. The molecule has 3 rings (SSSR count). The summed E-state index contributed by atoms with van der Waals surface area (Å²) in [5, 5.41) is 0. The number of hydrogen-bond acceptors (Lipinski definition) is 3. The monoisotopic (exact) mass is 277 g/mol. The Morgan fingerprint density at radius 2 is 2.21 bits per heavy atom. The van der Waals surface area contributed by atoms with E-state index in [-0.39, 0.29) is 0 Å². The summed E-state index contributed by atoms with van der Waals surface area (Å²) < 4.78 is 5.81. The van der Waals surface area contributed by atoms with Gasteiger partial charge < -0.3 is 9.64 Å². The smallest absolute Gasteiger partial charge is 0.0813 e. The fraction of sp³-hybridized carbons (Fsp3) is 0.625. The minimum absolute atomic E-state index is 0.509. The summed E-state index contributed by atoms with van der Waals surface area (Å²) in [7, 11) is 4.28. The average Bonchev–Trinajstić information content (AvgIpc) is 3.00. The first kappa shape index (κ1) is 13.3. The average molecular weight is 277 g/mol. The third-order valence-electron chi connectivity index (χ3n) is 4.06. The van der Waals surface area contributed by atoms with Crippen molar-refractivity contribution in [2.24, 2.45) is 0 Å². The highest BCUT2D eigenvalue weighted by Crippen LogP contribution is 2.39. The lowest BCUT2D eigenvalue weighted by atomic mass is 10.1. The molecule has 1 atom stereocenters. The van der Waals surface area contributed by atoms with Crippen LogP contribution in [-0.2, 0) is 17.8 Å². The third kappa shape index (κ3) is 3.10. The molecule has 0 saturated heterocycles. The van der Waals surface area contributed by atoms with E-state index in [0.29, 0.717) is 12.1 Å². The normalized spacial score (nSPS) is 22.2. The highest BCUT2D eigenvalue weighted by Gasteiger charge is 2.24. The first-order valence-corrected chi connectivity index (χ1v) is 8.06. The van der Waals surface area contributed by atoms with Crippen LogP contribution in [0.4, 0.5) is 0 Å². The van der Waals surface area contributed by atoms with Gasteiger partial charge in [0.25, 0.3) is 0 Å². The zero-order valence-corrected chi connectivity index (χ0v) is 12.9. The predicted molar refractivity (Wildman–Crippen MR) is 81.6 cm³/mol. The van der Waals surface area contributed by atoms with Crippen LogP contribution in [0.2, 0.25) is 0 Å². The highest BCUT2D eigenvalue weighted by molar-refractivity contribution is 7.13. The summed E-state index contributed by atoms with van der Waals surface area (Å²) >= 11 is 1.94. The topological polar surface area (TPSA) is 12.5 Å². The summed E-state index contributed by atoms with van der Waals surface area (Å²) in [6, 6.07) is 2.87. The number of rotatable bonds is 5. The maximum Gasteiger partial charge on any atom is 0.0813 e. The van der Waals surface area contributed by atoms with E-state index in [2.05, 4.69) is 38.1 Å². The quantitative estimate of drug-likeness (QED) is 0.813. The fourth-order valence-corrected chi connectivity index (χ4v) is 3.62. The third-order valence-corrected chi connectivity index (χ3v) is 5.28. The lowest BCUT2D eigenvalue weighted by Crippen LogP contribution is -2.22. The molecular weight excluding hydrogens is 254 g/mol. The van der Waals surface area contributed by atoms with Gasteiger partial charge in [0.05, 0.1) is 12.7 Å². The van der Waals surface area contributed by atoms with Gasteiger partial charge in [0.2, 0.25) is 0 Å². The Kier molecular flexibility index (Phi) is 3.79. The van der Waals surface area contributed by atoms with E-state index in [4.69, 9.17) is 4.74 Å². The Bertz CT molecular complexity index is 485. The number of ether oxygens (including phenoxy) is 1. The minimum atomic E-state index is 0.509. The maximum absolute atomic E-state index is 5.81. The molecule has 1 heterocycles. The zero-order valence-electron chi connectivity index (χ0n) is 12.1. The van der Waals surface area contributed by atoms with Gasteiger partial charge in [-0.1, -0.05) is 6.08 Å². The van der Waals surface area contributed by atoms with Gasteiger partial charge in [-0.25, -0.2) is 0 Å². The van der Waals surface area contributed by atoms with Crippen LogP contribution in [0.15, 0.2) is 12.1 Å². The summed E-state index contributed by atoms with van der Waals surface area (Å²) in [5.74, 6) is 0. The fourth-order valence-electron chi connectivity index (χ4n) is 2.43. The van der Waals surface area contributed by atoms with Crippen molar-refractivity contribution < 1.29 is 4.74 Å². The van der Waals surface area contributed by atoms with Crippen molar-refractivity contribution >= 4 is 16.9 Å². The molecule has 3 heteroatoms. The van der Waals surface area contributed by atoms with Crippen molar-refractivity contribution in [3.63, 3.8) is 0 Å². The van der Waals surface area contributed by atoms with Gasteiger partial charge in [-0.3, -0.25) is 0 Å². The summed E-state index contributed by atoms with van der Waals surface area (Å²) in [6.07, 6.45) is 7.92. The predicted octanol–water partition coefficient (Wildman–Crippen LogP) is 3.71. The van der Waals surface area contributed by atoms with Gasteiger partial charge in [0.15, 0.2) is 0 Å². The van der Waals surface area contributed by atoms with Crippen LogP contribution in [0, 0.1) is 0 Å². The van der Waals surface area contributed by atoms with Crippen molar-refractivity contribution in [2.45, 2.75) is 51.4 Å². The van der Waals surface area contributed by atoms with E-state index in [1.165, 1.54) is 41.0 Å². The largest absolute Gasteiger partial charge is 0.373 e. The van der Waals surface area contributed by atoms with E-state index < -0.39 is 0 Å². The van der Waals surface area contributed by atoms with E-state index >= 15 is 0 Å². The first-order chi connectivity index (χ1) is 9.13. The van der Waals surface area contributed by atoms with Crippen LogP contribution in [-0.4, -0.2) is 31.1 Å². The summed E-state index contributed by atoms with van der Waals surface area (Å²) in [4.78, 5) is 5.18. The molecule has 2 aliphatic carbocycles. The Morgan fingerprint density at radius 1 is 1.42 bits per heavy atom. The minimum Gasteiger partial charge on any atom is -0.373 e. The van der Waals surface area contributed by atoms with Crippen LogP contribution in [0.3, 0.4) is 0 Å². The standard InChI is InChI=1S/C16H23NOS/c1-11(17(2)3)8-12-4-5-13-9-15(19-16(12)13)10-18-14-6-7-14/h8-9,11,14H,4-7,10H2,1-3H3/b12-8+. The second-order valence-corrected chi connectivity index (χ2v) is 7.11. The molecule has 0 aliphatic heterocycles. The van der Waals surface area contributed by atoms with Crippen molar-refractivity contribution in [2.75, 3.05) is 14.1 Å². The molecule has 1 aromatic rings. The molecule has 1 fully saturated rings. The van der Waals surface area contributed by atoms with Crippen molar-refractivity contribution in [3.8, 4) is 0 Å². The maximum atomic E-state index is 5.81. The summed E-state index contributed by atoms with van der Waals surface area (Å²) in [6.45, 7) is 3.08. The molecule has 0 aromatic carbocycles. The van der Waals surface area contributed by atoms with Gasteiger partial charge in [-0.15, -0.1) is 11.3 Å². The molecule has 0 N–H and O–H groups in total. The zero-order chi connectivity index (χ0) is 13.4. The molecule has 0 spiro atoms. The van der Waals surface area contributed by atoms with Gasteiger partial charge in [-0.2, -0.15) is 0 Å². The summed E-state index contributed by atoms with van der Waals surface area (Å²) in [5.41, 5.74) is 3.08. The molecule has 1 saturated carbocycles. The lowest BCUT2D eigenvalue weighted by molar-refractivity contribution is 0.108. The Balaban J connectivity index is 1.71. The molecule has 1 aromatic heterocycles. The van der Waals surface area contributed by atoms with Crippen LogP contribution in [0.25, 0.3) is 5.57 Å². The van der Waals surface area contributed by atoms with E-state index in [0.717, 1.165) is 6.61 Å². The first-order valence-electron chi connectivity index (χ1n) is 7.24. The van der Waals surface area contributed by atoms with E-state index in [9.17, 15) is 0 Å². The van der Waals surface area contributed by atoms with Gasteiger partial charge in [0.1, 0.15) is 0 Å². The molecule has 0 bridgehead atoms. The number of aryl methyl sites for hydroxylation is 1. The van der Waals surface area contributed by atoms with Crippen molar-refractivity contribution in [3.05, 3.63) is 27.5 Å². The highest BCUT2D eigenvalue weighted by atomic mass is 32.1. The van der Waals surface area contributed by atoms with Gasteiger partial charge >= 0.3 is 0 Å². The van der Waals surface area contributed by atoms with Gasteiger partial charge in [-0.05, 0) is 63.9 Å². The molecule has 0 radical (unpaired) electrons. The van der Waals surface area contributed by atoms with Crippen molar-refractivity contribution in [1.82, 2.24) is 4.90 Å². The SMILES string of the molecule is CC(/C=C1\CCc2cc(COC3CC3)sc21)N(C)C. The number of nitrogens with zero attached hydrogens (tertiary/aromatic N) is 1. The molecule has 2 aliphatic rings. The van der Waals surface area contributed by atoms with Crippen LogP contribution >= 0.6 is 11.3 Å². The molecular formula is C16H23NOS.